The third-order valence-electron chi connectivity index (χ3n) is 4.45. The molecule has 7 nitrogen and oxygen atoms in total. The summed E-state index contributed by atoms with van der Waals surface area (Å²) in [5.41, 5.74) is -0.447. The molecular formula is C20H19ClF3N5O2. The van der Waals surface area contributed by atoms with E-state index in [-0.39, 0.29) is 23.7 Å². The second kappa shape index (κ2) is 8.84. The molecule has 0 fully saturated rings. The maximum Gasteiger partial charge on any atom is 0.417 e. The van der Waals surface area contributed by atoms with Gasteiger partial charge in [-0.3, -0.25) is 9.88 Å². The molecule has 0 bridgehead atoms. The Morgan fingerprint density at radius 2 is 1.87 bits per heavy atom. The number of benzene rings is 2. The minimum absolute atomic E-state index is 0.0193. The Kier molecular flexibility index (Phi) is 6.40. The van der Waals surface area contributed by atoms with Gasteiger partial charge < -0.3 is 9.64 Å². The number of ether oxygens (including phenoxy) is 1. The zero-order valence-corrected chi connectivity index (χ0v) is 17.6. The quantitative estimate of drug-likeness (QED) is 0.553. The van der Waals surface area contributed by atoms with Gasteiger partial charge in [-0.2, -0.15) is 13.2 Å². The lowest BCUT2D eigenvalue weighted by atomic mass is 10.1. The van der Waals surface area contributed by atoms with Crippen LogP contribution >= 0.6 is 11.6 Å². The van der Waals surface area contributed by atoms with Crippen LogP contribution in [0.3, 0.4) is 0 Å². The molecule has 0 aliphatic carbocycles. The van der Waals surface area contributed by atoms with Gasteiger partial charge in [-0.25, -0.2) is 4.79 Å². The van der Waals surface area contributed by atoms with Gasteiger partial charge in [0, 0.05) is 36.1 Å². The standard InChI is InChI=1S/C20H19ClF3N5O2/c1-4-31-19(30)25-13-7-10-15(16(11-13)20(22,23)24)17-26-27-18(29(17)3)28(2)14-8-5-12(21)6-9-14/h5-11H,4H2,1-3H3,(H,25,30). The molecule has 0 saturated heterocycles. The van der Waals surface area contributed by atoms with Gasteiger partial charge in [-0.05, 0) is 49.4 Å². The van der Waals surface area contributed by atoms with E-state index in [4.69, 9.17) is 16.3 Å². The molecule has 1 N–H and O–H groups in total. The van der Waals surface area contributed by atoms with Gasteiger partial charge in [0.1, 0.15) is 0 Å². The number of halogens is 4. The van der Waals surface area contributed by atoms with Crippen molar-refractivity contribution in [2.75, 3.05) is 23.9 Å². The summed E-state index contributed by atoms with van der Waals surface area (Å²) in [5, 5.41) is 10.9. The minimum Gasteiger partial charge on any atom is -0.450 e. The van der Waals surface area contributed by atoms with Crippen LogP contribution in [0.15, 0.2) is 42.5 Å². The van der Waals surface area contributed by atoms with Crippen LogP contribution in [0, 0.1) is 0 Å². The van der Waals surface area contributed by atoms with Gasteiger partial charge in [0.15, 0.2) is 5.82 Å². The topological polar surface area (TPSA) is 72.3 Å². The molecule has 3 aromatic rings. The van der Waals surface area contributed by atoms with Crippen molar-refractivity contribution in [2.24, 2.45) is 7.05 Å². The first kappa shape index (κ1) is 22.4. The first-order chi connectivity index (χ1) is 14.6. The van der Waals surface area contributed by atoms with Gasteiger partial charge in [-0.15, -0.1) is 10.2 Å². The SMILES string of the molecule is CCOC(=O)Nc1ccc(-c2nnc(N(C)c3ccc(Cl)cc3)n2C)c(C(F)(F)F)c1. The zero-order valence-electron chi connectivity index (χ0n) is 16.9. The molecule has 2 aromatic carbocycles. The van der Waals surface area contributed by atoms with E-state index in [1.807, 2.05) is 0 Å². The first-order valence-electron chi connectivity index (χ1n) is 9.16. The van der Waals surface area contributed by atoms with E-state index < -0.39 is 17.8 Å². The third kappa shape index (κ3) is 4.91. The van der Waals surface area contributed by atoms with E-state index in [0.717, 1.165) is 11.8 Å². The highest BCUT2D eigenvalue weighted by atomic mass is 35.5. The number of amides is 1. The van der Waals surface area contributed by atoms with Crippen LogP contribution in [-0.2, 0) is 18.0 Å². The number of nitrogens with one attached hydrogen (secondary N) is 1. The van der Waals surface area contributed by atoms with Crippen LogP contribution in [0.5, 0.6) is 0 Å². The second-order valence-electron chi connectivity index (χ2n) is 6.52. The number of aromatic nitrogens is 3. The van der Waals surface area contributed by atoms with Gasteiger partial charge in [-0.1, -0.05) is 11.6 Å². The molecule has 0 radical (unpaired) electrons. The Morgan fingerprint density at radius 1 is 1.19 bits per heavy atom. The number of hydrogen-bond donors (Lipinski definition) is 1. The smallest absolute Gasteiger partial charge is 0.417 e. The number of alkyl halides is 3. The predicted octanol–water partition coefficient (Wildman–Crippen LogP) is 5.49. The number of carbonyl (C=O) groups is 1. The van der Waals surface area contributed by atoms with E-state index in [2.05, 4.69) is 15.5 Å². The van der Waals surface area contributed by atoms with E-state index in [9.17, 15) is 18.0 Å². The summed E-state index contributed by atoms with van der Waals surface area (Å²) in [7, 11) is 3.29. The van der Waals surface area contributed by atoms with Crippen molar-refractivity contribution >= 4 is 35.0 Å². The lowest BCUT2D eigenvalue weighted by Crippen LogP contribution is -2.16. The molecule has 0 atom stereocenters. The summed E-state index contributed by atoms with van der Waals surface area (Å²) in [6.07, 6.45) is -5.52. The van der Waals surface area contributed by atoms with Crippen molar-refractivity contribution in [1.82, 2.24) is 14.8 Å². The number of carbonyl (C=O) groups excluding carboxylic acids is 1. The third-order valence-corrected chi connectivity index (χ3v) is 4.71. The fourth-order valence-electron chi connectivity index (χ4n) is 2.96. The van der Waals surface area contributed by atoms with E-state index in [0.29, 0.717) is 11.0 Å². The maximum absolute atomic E-state index is 13.8. The van der Waals surface area contributed by atoms with Crippen molar-refractivity contribution in [1.29, 1.82) is 0 Å². The van der Waals surface area contributed by atoms with Gasteiger partial charge in [0.2, 0.25) is 5.95 Å². The lowest BCUT2D eigenvalue weighted by Gasteiger charge is -2.19. The molecule has 0 aliphatic heterocycles. The van der Waals surface area contributed by atoms with E-state index in [1.54, 1.807) is 50.2 Å². The highest BCUT2D eigenvalue weighted by molar-refractivity contribution is 6.30. The largest absolute Gasteiger partial charge is 0.450 e. The summed E-state index contributed by atoms with van der Waals surface area (Å²) in [6, 6.07) is 10.3. The van der Waals surface area contributed by atoms with Gasteiger partial charge in [0.25, 0.3) is 0 Å². The van der Waals surface area contributed by atoms with Gasteiger partial charge >= 0.3 is 12.3 Å². The molecule has 1 heterocycles. The molecule has 0 saturated carbocycles. The predicted molar refractivity (Wildman–Crippen MR) is 112 cm³/mol. The molecule has 0 spiro atoms. The fraction of sp³-hybridized carbons (Fsp3) is 0.250. The average molecular weight is 454 g/mol. The number of hydrogen-bond acceptors (Lipinski definition) is 5. The van der Waals surface area contributed by atoms with Crippen molar-refractivity contribution < 1.29 is 22.7 Å². The minimum atomic E-state index is -4.68. The molecule has 31 heavy (non-hydrogen) atoms. The second-order valence-corrected chi connectivity index (χ2v) is 6.96. The summed E-state index contributed by atoms with van der Waals surface area (Å²) in [6.45, 7) is 1.69. The van der Waals surface area contributed by atoms with Gasteiger partial charge in [0.05, 0.1) is 12.2 Å². The molecule has 1 amide bonds. The van der Waals surface area contributed by atoms with Crippen LogP contribution in [0.4, 0.5) is 35.3 Å². The molecule has 11 heteroatoms. The summed E-state index contributed by atoms with van der Waals surface area (Å²) in [4.78, 5) is 13.2. The Morgan fingerprint density at radius 3 is 2.48 bits per heavy atom. The van der Waals surface area contributed by atoms with Crippen molar-refractivity contribution in [3.8, 4) is 11.4 Å². The molecule has 0 aliphatic rings. The normalized spacial score (nSPS) is 11.3. The van der Waals surface area contributed by atoms with Crippen LogP contribution in [-0.4, -0.2) is 34.5 Å². The fourth-order valence-corrected chi connectivity index (χ4v) is 3.09. The van der Waals surface area contributed by atoms with Crippen LogP contribution in [0.2, 0.25) is 5.02 Å². The Labute approximate surface area is 181 Å². The van der Waals surface area contributed by atoms with Crippen LogP contribution < -0.4 is 10.2 Å². The van der Waals surface area contributed by atoms with Crippen molar-refractivity contribution in [2.45, 2.75) is 13.1 Å². The van der Waals surface area contributed by atoms with Crippen molar-refractivity contribution in [3.63, 3.8) is 0 Å². The highest BCUT2D eigenvalue weighted by Crippen LogP contribution is 2.39. The summed E-state index contributed by atoms with van der Waals surface area (Å²) >= 11 is 5.91. The average Bonchev–Trinajstić information content (AvgIpc) is 3.08. The zero-order chi connectivity index (χ0) is 22.8. The van der Waals surface area contributed by atoms with Crippen LogP contribution in [0.25, 0.3) is 11.4 Å². The molecular weight excluding hydrogens is 435 g/mol. The maximum atomic E-state index is 13.8. The van der Waals surface area contributed by atoms with Crippen molar-refractivity contribution in [3.05, 3.63) is 53.1 Å². The lowest BCUT2D eigenvalue weighted by molar-refractivity contribution is -0.137. The number of anilines is 3. The van der Waals surface area contributed by atoms with E-state index >= 15 is 0 Å². The van der Waals surface area contributed by atoms with E-state index in [1.165, 1.54) is 16.7 Å². The summed E-state index contributed by atoms with van der Waals surface area (Å²) < 4.78 is 47.5. The molecule has 1 aromatic heterocycles. The number of rotatable bonds is 5. The highest BCUT2D eigenvalue weighted by Gasteiger charge is 2.35. The molecule has 0 unspecified atom stereocenters. The monoisotopic (exact) mass is 453 g/mol. The first-order valence-corrected chi connectivity index (χ1v) is 9.53. The Balaban J connectivity index is 2.00. The Bertz CT molecular complexity index is 1080. The van der Waals surface area contributed by atoms with Crippen LogP contribution in [0.1, 0.15) is 12.5 Å². The summed E-state index contributed by atoms with van der Waals surface area (Å²) in [5.74, 6) is 0.352. The molecule has 164 valence electrons. The Hall–Kier alpha value is -3.27. The molecule has 3 rings (SSSR count). The number of nitrogens with zero attached hydrogens (tertiary/aromatic N) is 4.